The first kappa shape index (κ1) is 13.1. The van der Waals surface area contributed by atoms with E-state index in [1.165, 1.54) is 0 Å². The fourth-order valence-corrected chi connectivity index (χ4v) is 2.02. The number of piperazine rings is 1. The molecule has 1 atom stereocenters. The van der Waals surface area contributed by atoms with Gasteiger partial charge >= 0.3 is 0 Å². The molecule has 0 aromatic carbocycles. The Bertz CT molecular complexity index is 434. The molecule has 1 fully saturated rings. The van der Waals surface area contributed by atoms with E-state index in [1.807, 2.05) is 32.6 Å². The van der Waals surface area contributed by atoms with E-state index in [1.54, 1.807) is 6.07 Å². The Labute approximate surface area is 108 Å². The Balaban J connectivity index is 2.16. The molecule has 0 bridgehead atoms. The van der Waals surface area contributed by atoms with E-state index in [2.05, 4.69) is 10.5 Å². The molecule has 0 aliphatic carbocycles. The van der Waals surface area contributed by atoms with E-state index in [0.717, 1.165) is 25.4 Å². The summed E-state index contributed by atoms with van der Waals surface area (Å²) in [4.78, 5) is 14.2. The summed E-state index contributed by atoms with van der Waals surface area (Å²) in [7, 11) is 0. The van der Waals surface area contributed by atoms with Crippen LogP contribution in [0.3, 0.4) is 0 Å². The van der Waals surface area contributed by atoms with Crippen LogP contribution in [-0.4, -0.2) is 41.6 Å². The van der Waals surface area contributed by atoms with Crippen LogP contribution in [0.5, 0.6) is 0 Å². The molecular weight excluding hydrogens is 230 g/mol. The predicted molar refractivity (Wildman–Crippen MR) is 68.6 cm³/mol. The van der Waals surface area contributed by atoms with Crippen molar-refractivity contribution in [1.82, 2.24) is 15.4 Å². The Hall–Kier alpha value is -1.36. The van der Waals surface area contributed by atoms with Crippen molar-refractivity contribution in [3.8, 4) is 0 Å². The van der Waals surface area contributed by atoms with Crippen LogP contribution in [0.2, 0.25) is 0 Å². The van der Waals surface area contributed by atoms with Crippen LogP contribution in [0.4, 0.5) is 0 Å². The van der Waals surface area contributed by atoms with Crippen molar-refractivity contribution < 1.29 is 9.32 Å². The Kier molecular flexibility index (Phi) is 3.43. The van der Waals surface area contributed by atoms with Gasteiger partial charge in [-0.05, 0) is 6.92 Å². The maximum absolute atomic E-state index is 12.3. The van der Waals surface area contributed by atoms with Crippen molar-refractivity contribution in [1.29, 1.82) is 0 Å². The van der Waals surface area contributed by atoms with Gasteiger partial charge < -0.3 is 14.7 Å². The fraction of sp³-hybridized carbons (Fsp3) is 0.692. The van der Waals surface area contributed by atoms with Gasteiger partial charge in [0.15, 0.2) is 5.69 Å². The van der Waals surface area contributed by atoms with Crippen LogP contribution < -0.4 is 5.32 Å². The summed E-state index contributed by atoms with van der Waals surface area (Å²) in [5, 5.41) is 7.17. The lowest BCUT2D eigenvalue weighted by atomic mass is 9.93. The topological polar surface area (TPSA) is 58.4 Å². The second-order valence-electron chi connectivity index (χ2n) is 5.88. The van der Waals surface area contributed by atoms with Crippen molar-refractivity contribution in [2.24, 2.45) is 0 Å². The summed E-state index contributed by atoms with van der Waals surface area (Å²) in [6.07, 6.45) is 0. The lowest BCUT2D eigenvalue weighted by molar-refractivity contribution is 0.0645. The lowest BCUT2D eigenvalue weighted by Crippen LogP contribution is -2.52. The lowest BCUT2D eigenvalue weighted by Gasteiger charge is -2.33. The molecule has 1 aromatic heterocycles. The molecule has 0 spiro atoms. The van der Waals surface area contributed by atoms with Gasteiger partial charge in [0.25, 0.3) is 5.91 Å². The van der Waals surface area contributed by atoms with E-state index in [9.17, 15) is 4.79 Å². The number of amides is 1. The number of rotatable bonds is 1. The number of carbonyl (C=O) groups excluding carboxylic acids is 1. The highest BCUT2D eigenvalue weighted by Gasteiger charge is 2.28. The van der Waals surface area contributed by atoms with Crippen LogP contribution >= 0.6 is 0 Å². The van der Waals surface area contributed by atoms with Crippen LogP contribution in [0, 0.1) is 0 Å². The van der Waals surface area contributed by atoms with Crippen LogP contribution in [-0.2, 0) is 5.41 Å². The third-order valence-electron chi connectivity index (χ3n) is 3.23. The number of carbonyl (C=O) groups is 1. The SMILES string of the molecule is C[C@H]1CNCCN1C(=O)c1cc(C(C)(C)C)on1. The monoisotopic (exact) mass is 251 g/mol. The maximum Gasteiger partial charge on any atom is 0.276 e. The second kappa shape index (κ2) is 4.72. The van der Waals surface area contributed by atoms with Crippen molar-refractivity contribution in [2.75, 3.05) is 19.6 Å². The third-order valence-corrected chi connectivity index (χ3v) is 3.23. The number of nitrogens with one attached hydrogen (secondary N) is 1. The van der Waals surface area contributed by atoms with Gasteiger partial charge in [0.05, 0.1) is 0 Å². The standard InChI is InChI=1S/C13H21N3O2/c1-9-8-14-5-6-16(9)12(17)10-7-11(18-15-10)13(2,3)4/h7,9,14H,5-6,8H2,1-4H3/t9-/m0/s1. The normalized spacial score (nSPS) is 21.1. The van der Waals surface area contributed by atoms with E-state index in [0.29, 0.717) is 5.69 Å². The molecule has 2 heterocycles. The Morgan fingerprint density at radius 1 is 1.56 bits per heavy atom. The second-order valence-corrected chi connectivity index (χ2v) is 5.88. The highest BCUT2D eigenvalue weighted by molar-refractivity contribution is 5.92. The zero-order valence-corrected chi connectivity index (χ0v) is 11.5. The summed E-state index contributed by atoms with van der Waals surface area (Å²) >= 11 is 0. The molecule has 1 N–H and O–H groups in total. The molecule has 1 amide bonds. The molecule has 5 heteroatoms. The molecule has 1 aliphatic rings. The molecule has 2 rings (SSSR count). The molecular formula is C13H21N3O2. The molecule has 0 radical (unpaired) electrons. The van der Waals surface area contributed by atoms with Crippen molar-refractivity contribution in [2.45, 2.75) is 39.2 Å². The third kappa shape index (κ3) is 2.56. The largest absolute Gasteiger partial charge is 0.360 e. The first-order chi connectivity index (χ1) is 8.39. The average molecular weight is 251 g/mol. The van der Waals surface area contributed by atoms with Crippen molar-refractivity contribution in [3.05, 3.63) is 17.5 Å². The fourth-order valence-electron chi connectivity index (χ4n) is 2.02. The molecule has 0 saturated carbocycles. The molecule has 18 heavy (non-hydrogen) atoms. The zero-order chi connectivity index (χ0) is 13.3. The van der Waals surface area contributed by atoms with Gasteiger partial charge in [0.2, 0.25) is 0 Å². The van der Waals surface area contributed by atoms with E-state index in [4.69, 9.17) is 4.52 Å². The van der Waals surface area contributed by atoms with Crippen LogP contribution in [0.15, 0.2) is 10.6 Å². The van der Waals surface area contributed by atoms with Crippen molar-refractivity contribution in [3.63, 3.8) is 0 Å². The Morgan fingerprint density at radius 2 is 2.28 bits per heavy atom. The van der Waals surface area contributed by atoms with Gasteiger partial charge in [-0.25, -0.2) is 0 Å². The minimum atomic E-state index is -0.124. The summed E-state index contributed by atoms with van der Waals surface area (Å²) in [5.41, 5.74) is 0.286. The van der Waals surface area contributed by atoms with Gasteiger partial charge in [-0.3, -0.25) is 4.79 Å². The highest BCUT2D eigenvalue weighted by atomic mass is 16.5. The Morgan fingerprint density at radius 3 is 2.83 bits per heavy atom. The van der Waals surface area contributed by atoms with Gasteiger partial charge in [-0.2, -0.15) is 0 Å². The van der Waals surface area contributed by atoms with Gasteiger partial charge in [-0.15, -0.1) is 0 Å². The first-order valence-electron chi connectivity index (χ1n) is 6.38. The molecule has 1 aromatic rings. The molecule has 100 valence electrons. The molecule has 1 aliphatic heterocycles. The van der Waals surface area contributed by atoms with E-state index in [-0.39, 0.29) is 17.4 Å². The summed E-state index contributed by atoms with van der Waals surface area (Å²) < 4.78 is 5.26. The average Bonchev–Trinajstić information content (AvgIpc) is 2.77. The van der Waals surface area contributed by atoms with Crippen LogP contribution in [0.25, 0.3) is 0 Å². The predicted octanol–water partition coefficient (Wildman–Crippen LogP) is 1.41. The van der Waals surface area contributed by atoms with E-state index < -0.39 is 0 Å². The highest BCUT2D eigenvalue weighted by Crippen LogP contribution is 2.23. The molecule has 1 saturated heterocycles. The minimum Gasteiger partial charge on any atom is -0.360 e. The van der Waals surface area contributed by atoms with Gasteiger partial charge in [-0.1, -0.05) is 25.9 Å². The summed E-state index contributed by atoms with van der Waals surface area (Å²) in [5.74, 6) is 0.705. The van der Waals surface area contributed by atoms with Gasteiger partial charge in [0.1, 0.15) is 5.76 Å². The smallest absolute Gasteiger partial charge is 0.276 e. The molecule has 0 unspecified atom stereocenters. The van der Waals surface area contributed by atoms with E-state index >= 15 is 0 Å². The van der Waals surface area contributed by atoms with Gasteiger partial charge in [0, 0.05) is 37.2 Å². The number of hydrogen-bond donors (Lipinski definition) is 1. The number of hydrogen-bond acceptors (Lipinski definition) is 4. The quantitative estimate of drug-likeness (QED) is 0.819. The zero-order valence-electron chi connectivity index (χ0n) is 11.5. The summed E-state index contributed by atoms with van der Waals surface area (Å²) in [6.45, 7) is 10.5. The number of nitrogens with zero attached hydrogens (tertiary/aromatic N) is 2. The molecule has 5 nitrogen and oxygen atoms in total. The summed E-state index contributed by atoms with van der Waals surface area (Å²) in [6, 6.07) is 1.96. The maximum atomic E-state index is 12.3. The minimum absolute atomic E-state index is 0.0387. The van der Waals surface area contributed by atoms with Crippen LogP contribution in [0.1, 0.15) is 43.9 Å². The van der Waals surface area contributed by atoms with Crippen molar-refractivity contribution >= 4 is 5.91 Å². The number of aromatic nitrogens is 1. The first-order valence-corrected chi connectivity index (χ1v) is 6.38.